The minimum atomic E-state index is -0.107. The predicted molar refractivity (Wildman–Crippen MR) is 243 cm³/mol. The lowest BCUT2D eigenvalue weighted by Gasteiger charge is -2.22. The van der Waals surface area contributed by atoms with Gasteiger partial charge in [-0.15, -0.1) is 0 Å². The first-order valence-electron chi connectivity index (χ1n) is 20.2. The fraction of sp³-hybridized carbons (Fsp3) is 0.0545. The van der Waals surface area contributed by atoms with Crippen molar-refractivity contribution in [3.63, 3.8) is 0 Å². The van der Waals surface area contributed by atoms with Crippen LogP contribution in [-0.4, -0.2) is 9.97 Å². The maximum atomic E-state index is 7.03. The van der Waals surface area contributed by atoms with Crippen LogP contribution in [0.25, 0.3) is 121 Å². The van der Waals surface area contributed by atoms with Gasteiger partial charge in [0.25, 0.3) is 0 Å². The molecule has 0 unspecified atom stereocenters. The number of hydrogen-bond acceptors (Lipinski definition) is 4. The maximum Gasteiger partial charge on any atom is 0.144 e. The van der Waals surface area contributed by atoms with Crippen LogP contribution >= 0.6 is 0 Å². The van der Waals surface area contributed by atoms with Crippen LogP contribution in [0.2, 0.25) is 0 Å². The lowest BCUT2D eigenvalue weighted by molar-refractivity contribution is 0.660. The summed E-state index contributed by atoms with van der Waals surface area (Å²) < 4.78 is 13.8. The Morgan fingerprint density at radius 3 is 1.92 bits per heavy atom. The molecule has 12 aromatic rings. The highest BCUT2D eigenvalue weighted by Crippen LogP contribution is 2.51. The van der Waals surface area contributed by atoms with E-state index in [1.54, 1.807) is 0 Å². The third-order valence-electron chi connectivity index (χ3n) is 12.9. The van der Waals surface area contributed by atoms with Gasteiger partial charge in [0.1, 0.15) is 22.3 Å². The van der Waals surface area contributed by atoms with E-state index in [4.69, 9.17) is 18.8 Å². The first-order chi connectivity index (χ1) is 29.0. The number of rotatable bonds is 3. The highest BCUT2D eigenvalue weighted by Gasteiger charge is 2.35. The smallest absolute Gasteiger partial charge is 0.144 e. The zero-order valence-electron chi connectivity index (χ0n) is 32.4. The van der Waals surface area contributed by atoms with Gasteiger partial charge in [0.05, 0.1) is 22.9 Å². The topological polar surface area (TPSA) is 52.1 Å². The van der Waals surface area contributed by atoms with Crippen molar-refractivity contribution in [2.75, 3.05) is 0 Å². The van der Waals surface area contributed by atoms with Gasteiger partial charge >= 0.3 is 0 Å². The summed E-state index contributed by atoms with van der Waals surface area (Å²) in [6, 6.07) is 58.3. The summed E-state index contributed by atoms with van der Waals surface area (Å²) in [6.07, 6.45) is 1.91. The first-order valence-corrected chi connectivity index (χ1v) is 20.2. The number of benzene rings is 9. The number of nitrogens with zero attached hydrogens (tertiary/aromatic N) is 2. The van der Waals surface area contributed by atoms with E-state index in [1.807, 2.05) is 18.3 Å². The monoisotopic (exact) mass is 754 g/mol. The summed E-state index contributed by atoms with van der Waals surface area (Å²) in [5, 5.41) is 8.72. The number of fused-ring (bicyclic) bond motifs is 15. The van der Waals surface area contributed by atoms with Gasteiger partial charge < -0.3 is 8.83 Å². The number of hydrogen-bond donors (Lipinski definition) is 0. The summed E-state index contributed by atoms with van der Waals surface area (Å²) in [5.41, 5.74) is 16.4. The molecule has 3 heterocycles. The van der Waals surface area contributed by atoms with E-state index < -0.39 is 0 Å². The van der Waals surface area contributed by atoms with Crippen LogP contribution in [0.15, 0.2) is 179 Å². The Kier molecular flexibility index (Phi) is 6.48. The molecule has 0 spiro atoms. The molecule has 0 fully saturated rings. The van der Waals surface area contributed by atoms with Crippen LogP contribution < -0.4 is 0 Å². The van der Waals surface area contributed by atoms with E-state index in [-0.39, 0.29) is 5.41 Å². The Hall–Kier alpha value is -7.56. The Balaban J connectivity index is 1.04. The quantitative estimate of drug-likeness (QED) is 0.169. The summed E-state index contributed by atoms with van der Waals surface area (Å²) in [4.78, 5) is 10.4. The zero-order valence-corrected chi connectivity index (χ0v) is 32.4. The molecule has 1 aliphatic carbocycles. The van der Waals surface area contributed by atoms with Crippen molar-refractivity contribution in [1.82, 2.24) is 9.97 Å². The molecule has 9 aromatic carbocycles. The van der Waals surface area contributed by atoms with Gasteiger partial charge in [0.2, 0.25) is 0 Å². The fourth-order valence-corrected chi connectivity index (χ4v) is 10.1. The van der Waals surface area contributed by atoms with E-state index in [0.29, 0.717) is 0 Å². The molecule has 276 valence electrons. The molecule has 0 saturated carbocycles. The molecule has 0 atom stereocenters. The summed E-state index contributed by atoms with van der Waals surface area (Å²) in [6.45, 7) is 4.66. The van der Waals surface area contributed by atoms with E-state index in [9.17, 15) is 0 Å². The minimum Gasteiger partial charge on any atom is -0.455 e. The standard InChI is InChI=1S/C55H34N2O2/c1-55(2)44-23-9-7-17-37(44)38-26-25-31(28-45(38)55)34-21-12-22-42-50-48(59-53(34)42)29-43-39-18-8-10-24-47(39)58-54(43)49(50)33-14-11-13-32(27-33)46-30-56-51-40-19-5-3-15-35(40)36-16-4-6-20-41(36)52(51)57-46/h3-30H,1-2H3. The number of para-hydroxylation sites is 2. The summed E-state index contributed by atoms with van der Waals surface area (Å²) in [5.74, 6) is 0. The lowest BCUT2D eigenvalue weighted by Crippen LogP contribution is -2.14. The molecule has 1 aliphatic rings. The second kappa shape index (κ2) is 11.7. The average Bonchev–Trinajstić information content (AvgIpc) is 3.93. The highest BCUT2D eigenvalue weighted by molar-refractivity contribution is 6.25. The van der Waals surface area contributed by atoms with Crippen LogP contribution in [0.3, 0.4) is 0 Å². The van der Waals surface area contributed by atoms with Crippen LogP contribution in [0, 0.1) is 0 Å². The fourth-order valence-electron chi connectivity index (χ4n) is 10.1. The second-order valence-electron chi connectivity index (χ2n) is 16.4. The van der Waals surface area contributed by atoms with E-state index in [1.165, 1.54) is 33.0 Å². The van der Waals surface area contributed by atoms with Gasteiger partial charge in [0, 0.05) is 54.4 Å². The molecule has 4 heteroatoms. The molecule has 13 rings (SSSR count). The molecule has 0 radical (unpaired) electrons. The maximum absolute atomic E-state index is 7.03. The van der Waals surface area contributed by atoms with Crippen LogP contribution in [0.4, 0.5) is 0 Å². The third-order valence-corrected chi connectivity index (χ3v) is 12.9. The molecule has 4 nitrogen and oxygen atoms in total. The van der Waals surface area contributed by atoms with Crippen molar-refractivity contribution in [2.45, 2.75) is 19.3 Å². The number of aromatic nitrogens is 2. The third kappa shape index (κ3) is 4.49. The molecule has 59 heavy (non-hydrogen) atoms. The molecule has 0 aliphatic heterocycles. The van der Waals surface area contributed by atoms with Crippen molar-refractivity contribution in [1.29, 1.82) is 0 Å². The van der Waals surface area contributed by atoms with Gasteiger partial charge in [-0.2, -0.15) is 0 Å². The highest BCUT2D eigenvalue weighted by atomic mass is 16.3. The largest absolute Gasteiger partial charge is 0.455 e. The second-order valence-corrected chi connectivity index (χ2v) is 16.4. The molecule has 0 amide bonds. The zero-order chi connectivity index (χ0) is 39.0. The van der Waals surface area contributed by atoms with Crippen LogP contribution in [-0.2, 0) is 5.41 Å². The SMILES string of the molecule is CC1(C)c2ccccc2-c2ccc(-c3cccc4c3oc3cc5c(oc6ccccc65)c(-c5cccc(-c6cnc7c8ccccc8c8ccccc8c7n6)c5)c34)cc21. The minimum absolute atomic E-state index is 0.107. The van der Waals surface area contributed by atoms with Crippen molar-refractivity contribution >= 4 is 76.5 Å². The van der Waals surface area contributed by atoms with E-state index in [0.717, 1.165) is 99.2 Å². The van der Waals surface area contributed by atoms with E-state index >= 15 is 0 Å². The van der Waals surface area contributed by atoms with Crippen molar-refractivity contribution in [3.8, 4) is 44.6 Å². The molecular weight excluding hydrogens is 721 g/mol. The average molecular weight is 755 g/mol. The molecular formula is C55H34N2O2. The Morgan fingerprint density at radius 1 is 0.424 bits per heavy atom. The Morgan fingerprint density at radius 2 is 1.07 bits per heavy atom. The summed E-state index contributed by atoms with van der Waals surface area (Å²) in [7, 11) is 0. The van der Waals surface area contributed by atoms with Crippen molar-refractivity contribution in [3.05, 3.63) is 181 Å². The normalized spacial score (nSPS) is 13.4. The van der Waals surface area contributed by atoms with Gasteiger partial charge in [-0.25, -0.2) is 4.98 Å². The van der Waals surface area contributed by atoms with Gasteiger partial charge in [-0.3, -0.25) is 4.98 Å². The van der Waals surface area contributed by atoms with Crippen molar-refractivity contribution in [2.24, 2.45) is 0 Å². The Labute approximate surface area is 339 Å². The predicted octanol–water partition coefficient (Wildman–Crippen LogP) is 15.0. The van der Waals surface area contributed by atoms with Gasteiger partial charge in [-0.1, -0.05) is 153 Å². The van der Waals surface area contributed by atoms with Gasteiger partial charge in [0.15, 0.2) is 0 Å². The Bertz CT molecular complexity index is 3740. The first kappa shape index (κ1) is 32.5. The molecule has 0 bridgehead atoms. The van der Waals surface area contributed by atoms with E-state index in [2.05, 4.69) is 166 Å². The summed E-state index contributed by atoms with van der Waals surface area (Å²) >= 11 is 0. The van der Waals surface area contributed by atoms with Gasteiger partial charge in [-0.05, 0) is 68.4 Å². The van der Waals surface area contributed by atoms with Crippen LogP contribution in [0.1, 0.15) is 25.0 Å². The number of furan rings is 2. The molecule has 3 aromatic heterocycles. The lowest BCUT2D eigenvalue weighted by atomic mass is 9.81. The molecule has 0 saturated heterocycles. The van der Waals surface area contributed by atoms with Crippen molar-refractivity contribution < 1.29 is 8.83 Å². The molecule has 0 N–H and O–H groups in total. The van der Waals surface area contributed by atoms with Crippen LogP contribution in [0.5, 0.6) is 0 Å².